The number of aliphatic imine (C=N–C) groups is 1. The Kier molecular flexibility index (Phi) is 3.62. The third kappa shape index (κ3) is 3.56. The summed E-state index contributed by atoms with van der Waals surface area (Å²) in [6.45, 7) is 7.05. The van der Waals surface area contributed by atoms with E-state index in [1.54, 1.807) is 18.9 Å². The Labute approximate surface area is 84.3 Å². The van der Waals surface area contributed by atoms with Gasteiger partial charge in [-0.3, -0.25) is 4.99 Å². The predicted molar refractivity (Wildman–Crippen MR) is 58.4 cm³/mol. The monoisotopic (exact) mass is 202 g/mol. The molecule has 13 heavy (non-hydrogen) atoms. The molecule has 1 atom stereocenters. The maximum Gasteiger partial charge on any atom is 0.157 e. The largest absolute Gasteiger partial charge is 0.382 e. The summed E-state index contributed by atoms with van der Waals surface area (Å²) in [5.41, 5.74) is -0.0232. The molecule has 0 aromatic rings. The number of methoxy groups -OCH3 is 1. The predicted octanol–water partition coefficient (Wildman–Crippen LogP) is 1.49. The summed E-state index contributed by atoms with van der Waals surface area (Å²) in [5, 5.41) is 4.42. The minimum absolute atomic E-state index is 0.0232. The summed E-state index contributed by atoms with van der Waals surface area (Å²) in [6, 6.07) is 0.450. The number of nitrogens with one attached hydrogen (secondary N) is 1. The van der Waals surface area contributed by atoms with Crippen LogP contribution in [0.4, 0.5) is 0 Å². The Morgan fingerprint density at radius 3 is 2.85 bits per heavy atom. The molecule has 0 fully saturated rings. The van der Waals surface area contributed by atoms with Gasteiger partial charge in [-0.2, -0.15) is 0 Å². The van der Waals surface area contributed by atoms with Gasteiger partial charge in [0.05, 0.1) is 18.2 Å². The Hall–Kier alpha value is -0.220. The Morgan fingerprint density at radius 1 is 1.69 bits per heavy atom. The van der Waals surface area contributed by atoms with Gasteiger partial charge in [0.2, 0.25) is 0 Å². The number of rotatable bonds is 3. The average Bonchev–Trinajstić information content (AvgIpc) is 2.34. The first kappa shape index (κ1) is 10.9. The quantitative estimate of drug-likeness (QED) is 0.753. The fourth-order valence-electron chi connectivity index (χ4n) is 1.23. The summed E-state index contributed by atoms with van der Waals surface area (Å²) < 4.78 is 5.12. The number of hydrogen-bond acceptors (Lipinski definition) is 4. The number of hydrogen-bond donors (Lipinski definition) is 1. The molecule has 1 rings (SSSR count). The first-order chi connectivity index (χ1) is 6.03. The van der Waals surface area contributed by atoms with E-state index in [1.165, 1.54) is 0 Å². The van der Waals surface area contributed by atoms with Crippen molar-refractivity contribution in [2.45, 2.75) is 32.4 Å². The minimum Gasteiger partial charge on any atom is -0.382 e. The van der Waals surface area contributed by atoms with Gasteiger partial charge in [0.15, 0.2) is 5.17 Å². The molecular formula is C9H18N2OS. The Morgan fingerprint density at radius 2 is 2.38 bits per heavy atom. The highest BCUT2D eigenvalue weighted by molar-refractivity contribution is 8.14. The fourth-order valence-corrected chi connectivity index (χ4v) is 2.31. The van der Waals surface area contributed by atoms with E-state index >= 15 is 0 Å². The van der Waals surface area contributed by atoms with Crippen LogP contribution < -0.4 is 5.32 Å². The van der Waals surface area contributed by atoms with Crippen molar-refractivity contribution < 1.29 is 4.74 Å². The van der Waals surface area contributed by atoms with Crippen molar-refractivity contribution in [3.63, 3.8) is 0 Å². The zero-order valence-electron chi connectivity index (χ0n) is 8.76. The summed E-state index contributed by atoms with van der Waals surface area (Å²) >= 11 is 1.79. The lowest BCUT2D eigenvalue weighted by molar-refractivity contribution is 0.140. The van der Waals surface area contributed by atoms with Crippen LogP contribution in [0.15, 0.2) is 4.99 Å². The summed E-state index contributed by atoms with van der Waals surface area (Å²) in [6.07, 6.45) is 0. The van der Waals surface area contributed by atoms with E-state index in [9.17, 15) is 0 Å². The fraction of sp³-hybridized carbons (Fsp3) is 0.889. The van der Waals surface area contributed by atoms with Crippen LogP contribution in [0.1, 0.15) is 20.8 Å². The van der Waals surface area contributed by atoms with Gasteiger partial charge >= 0.3 is 0 Å². The van der Waals surface area contributed by atoms with Crippen LogP contribution >= 0.6 is 11.8 Å². The van der Waals surface area contributed by atoms with Gasteiger partial charge in [-0.1, -0.05) is 11.8 Å². The molecule has 3 nitrogen and oxygen atoms in total. The van der Waals surface area contributed by atoms with Crippen molar-refractivity contribution in [3.05, 3.63) is 0 Å². The van der Waals surface area contributed by atoms with Crippen LogP contribution in [0, 0.1) is 0 Å². The molecule has 1 aliphatic rings. The van der Waals surface area contributed by atoms with E-state index in [2.05, 4.69) is 31.1 Å². The zero-order chi connectivity index (χ0) is 9.90. The second-order valence-corrected chi connectivity index (χ2v) is 5.04. The first-order valence-electron chi connectivity index (χ1n) is 4.51. The molecule has 0 bridgehead atoms. The Bertz CT molecular complexity index is 204. The van der Waals surface area contributed by atoms with E-state index in [0.29, 0.717) is 12.6 Å². The highest BCUT2D eigenvalue weighted by atomic mass is 32.2. The van der Waals surface area contributed by atoms with Crippen LogP contribution in [0.3, 0.4) is 0 Å². The SMILES string of the molecule is COCC(C)(C)NC1=NC(C)CS1. The smallest absolute Gasteiger partial charge is 0.157 e. The Balaban J connectivity index is 2.43. The maximum absolute atomic E-state index is 5.12. The molecule has 1 N–H and O–H groups in total. The average molecular weight is 202 g/mol. The highest BCUT2D eigenvalue weighted by Crippen LogP contribution is 2.18. The minimum atomic E-state index is -0.0232. The molecule has 0 saturated heterocycles. The van der Waals surface area contributed by atoms with Crippen LogP contribution in [0.25, 0.3) is 0 Å². The lowest BCUT2D eigenvalue weighted by atomic mass is 10.1. The lowest BCUT2D eigenvalue weighted by Crippen LogP contribution is -2.45. The van der Waals surface area contributed by atoms with Crippen LogP contribution in [0.2, 0.25) is 0 Å². The molecule has 0 saturated carbocycles. The summed E-state index contributed by atoms with van der Waals surface area (Å²) in [7, 11) is 1.72. The van der Waals surface area contributed by atoms with E-state index < -0.39 is 0 Å². The molecule has 0 spiro atoms. The van der Waals surface area contributed by atoms with Gasteiger partial charge in [0.1, 0.15) is 0 Å². The second-order valence-electron chi connectivity index (χ2n) is 4.04. The second kappa shape index (κ2) is 4.33. The van der Waals surface area contributed by atoms with Gasteiger partial charge in [-0.25, -0.2) is 0 Å². The van der Waals surface area contributed by atoms with Crippen LogP contribution in [-0.4, -0.2) is 36.2 Å². The van der Waals surface area contributed by atoms with Crippen molar-refractivity contribution in [3.8, 4) is 0 Å². The van der Waals surface area contributed by atoms with Crippen molar-refractivity contribution in [2.24, 2.45) is 4.99 Å². The molecule has 1 unspecified atom stereocenters. The van der Waals surface area contributed by atoms with Gasteiger partial charge in [-0.05, 0) is 20.8 Å². The molecule has 0 amide bonds. The molecule has 76 valence electrons. The molecule has 0 aliphatic carbocycles. The number of thioether (sulfide) groups is 1. The molecule has 0 aromatic carbocycles. The van der Waals surface area contributed by atoms with Crippen molar-refractivity contribution in [2.75, 3.05) is 19.5 Å². The third-order valence-electron chi connectivity index (χ3n) is 1.75. The summed E-state index contributed by atoms with van der Waals surface area (Å²) in [4.78, 5) is 4.47. The van der Waals surface area contributed by atoms with E-state index in [1.807, 2.05) is 0 Å². The van der Waals surface area contributed by atoms with Crippen LogP contribution in [0.5, 0.6) is 0 Å². The maximum atomic E-state index is 5.12. The van der Waals surface area contributed by atoms with Gasteiger partial charge < -0.3 is 10.1 Å². The normalized spacial score (nSPS) is 23.1. The number of amidine groups is 1. The number of ether oxygens (including phenoxy) is 1. The number of nitrogens with zero attached hydrogens (tertiary/aromatic N) is 1. The summed E-state index contributed by atoms with van der Waals surface area (Å²) in [5.74, 6) is 1.09. The molecule has 0 radical (unpaired) electrons. The van der Waals surface area contributed by atoms with Crippen molar-refractivity contribution >= 4 is 16.9 Å². The van der Waals surface area contributed by atoms with Gasteiger partial charge in [-0.15, -0.1) is 0 Å². The molecular weight excluding hydrogens is 184 g/mol. The van der Waals surface area contributed by atoms with Crippen molar-refractivity contribution in [1.29, 1.82) is 0 Å². The zero-order valence-corrected chi connectivity index (χ0v) is 9.57. The molecule has 4 heteroatoms. The third-order valence-corrected chi connectivity index (χ3v) is 2.88. The topological polar surface area (TPSA) is 33.6 Å². The van der Waals surface area contributed by atoms with Gasteiger partial charge in [0.25, 0.3) is 0 Å². The molecule has 0 aromatic heterocycles. The van der Waals surface area contributed by atoms with E-state index in [4.69, 9.17) is 4.74 Å². The van der Waals surface area contributed by atoms with Crippen molar-refractivity contribution in [1.82, 2.24) is 5.32 Å². The molecule has 1 heterocycles. The van der Waals surface area contributed by atoms with E-state index in [0.717, 1.165) is 10.9 Å². The lowest BCUT2D eigenvalue weighted by Gasteiger charge is -2.25. The standard InChI is InChI=1S/C9H18N2OS/c1-7-5-13-8(10-7)11-9(2,3)6-12-4/h7H,5-6H2,1-4H3,(H,10,11). The van der Waals surface area contributed by atoms with Gasteiger partial charge in [0, 0.05) is 12.9 Å². The first-order valence-corrected chi connectivity index (χ1v) is 5.50. The van der Waals surface area contributed by atoms with E-state index in [-0.39, 0.29) is 5.54 Å². The van der Waals surface area contributed by atoms with Crippen LogP contribution in [-0.2, 0) is 4.74 Å². The highest BCUT2D eigenvalue weighted by Gasteiger charge is 2.22. The molecule has 1 aliphatic heterocycles.